The minimum Gasteiger partial charge on any atom is -0.507 e. The third-order valence-corrected chi connectivity index (χ3v) is 12.0. The molecule has 0 radical (unpaired) electrons. The van der Waals surface area contributed by atoms with E-state index in [4.69, 9.17) is 19.6 Å². The first-order valence-corrected chi connectivity index (χ1v) is 21.7. The molecule has 0 amide bonds. The third-order valence-electron chi connectivity index (χ3n) is 12.0. The molecule has 0 spiro atoms. The fourth-order valence-electron chi connectivity index (χ4n) is 8.41. The van der Waals surface area contributed by atoms with Gasteiger partial charge in [-0.2, -0.15) is 0 Å². The Labute approximate surface area is 406 Å². The van der Waals surface area contributed by atoms with Crippen molar-refractivity contribution in [1.29, 1.82) is 0 Å². The zero-order chi connectivity index (χ0) is 51.1. The summed E-state index contributed by atoms with van der Waals surface area (Å²) in [5, 5.41) is 12.3. The Morgan fingerprint density at radius 2 is 1.27 bits per heavy atom. The maximum absolute atomic E-state index is 12.3. The second kappa shape index (κ2) is 18.5. The molecule has 0 unspecified atom stereocenters. The normalized spacial score (nSPS) is 14.4. The fraction of sp³-hybridized carbons (Fsp3) is 0.288. The first kappa shape index (κ1) is 37.8. The van der Waals surface area contributed by atoms with Crippen LogP contribution in [0.15, 0.2) is 128 Å². The van der Waals surface area contributed by atoms with Crippen LogP contribution in [0.3, 0.4) is 0 Å². The van der Waals surface area contributed by atoms with Crippen LogP contribution < -0.4 is 0 Å². The molecule has 2 aromatic heterocycles. The smallest absolute Gasteiger partial charge is 0.148 e. The molecule has 0 saturated carbocycles. The number of nitrogens with zero attached hydrogens (tertiary/aromatic N) is 3. The van der Waals surface area contributed by atoms with E-state index < -0.39 is 30.4 Å². The van der Waals surface area contributed by atoms with Gasteiger partial charge in [-0.1, -0.05) is 172 Å². The van der Waals surface area contributed by atoms with E-state index in [1.54, 1.807) is 52.1 Å². The molecule has 2 heterocycles. The zero-order valence-corrected chi connectivity index (χ0v) is 41.0. The second-order valence-corrected chi connectivity index (χ2v) is 18.6. The number of aromatic hydroxyl groups is 1. The molecule has 1 N–H and O–H groups in total. The van der Waals surface area contributed by atoms with Crippen LogP contribution in [0.2, 0.25) is 0 Å². The Morgan fingerprint density at radius 3 is 1.88 bits per heavy atom. The number of aryl methyl sites for hydroxylation is 1. The van der Waals surface area contributed by atoms with Crippen LogP contribution in [0, 0.1) is 12.9 Å². The van der Waals surface area contributed by atoms with Crippen molar-refractivity contribution in [1.82, 2.24) is 14.5 Å². The molecule has 5 heteroatoms. The maximum atomic E-state index is 12.3. The number of benzene rings is 6. The van der Waals surface area contributed by atoms with Gasteiger partial charge in [0.15, 0.2) is 0 Å². The molecule has 0 aliphatic rings. The van der Waals surface area contributed by atoms with Crippen molar-refractivity contribution in [3.8, 4) is 67.5 Å². The van der Waals surface area contributed by atoms with Gasteiger partial charge in [-0.3, -0.25) is 9.55 Å². The first-order chi connectivity index (χ1) is 32.4. The SMILES string of the molecule is [2H]C([2H])([2H])c1ccc(-c2ccnc(-c3[c-]c(-c4cccc5c4nc(-c4cc(C([2H])(C)C)cc(C([2H])(C)C)c4O)n5-c4ccc(-c5c(C([2H])(C)C)cccc5C([2H])(C)C)cc4)cc(C(C)(C)C)c3)c2)cc1.[Pt]. The number of phenols is 1. The van der Waals surface area contributed by atoms with Crippen molar-refractivity contribution >= 4 is 11.0 Å². The Balaban J connectivity index is 0.00000741. The van der Waals surface area contributed by atoms with Gasteiger partial charge in [0, 0.05) is 48.2 Å². The predicted molar refractivity (Wildman–Crippen MR) is 266 cm³/mol. The summed E-state index contributed by atoms with van der Waals surface area (Å²) in [5.74, 6) is -3.81. The first-order valence-electron chi connectivity index (χ1n) is 25.2. The molecule has 6 aromatic carbocycles. The van der Waals surface area contributed by atoms with E-state index >= 15 is 0 Å². The Bertz CT molecular complexity index is 3240. The number of rotatable bonds is 10. The van der Waals surface area contributed by atoms with Crippen molar-refractivity contribution < 1.29 is 35.8 Å². The summed E-state index contributed by atoms with van der Waals surface area (Å²) >= 11 is 0. The van der Waals surface area contributed by atoms with E-state index in [0.29, 0.717) is 33.7 Å². The van der Waals surface area contributed by atoms with Crippen LogP contribution in [-0.2, 0) is 26.5 Å². The Morgan fingerprint density at radius 1 is 0.641 bits per heavy atom. The molecule has 8 rings (SSSR count). The summed E-state index contributed by atoms with van der Waals surface area (Å²) in [6.07, 6.45) is 1.76. The van der Waals surface area contributed by atoms with E-state index in [9.17, 15) is 5.11 Å². The number of pyridine rings is 1. The number of phenolic OH excluding ortho intramolecular Hbond substituents is 1. The van der Waals surface area contributed by atoms with Crippen molar-refractivity contribution in [2.24, 2.45) is 0 Å². The molecular weight excluding hydrogens is 962 g/mol. The van der Waals surface area contributed by atoms with Gasteiger partial charge >= 0.3 is 0 Å². The van der Waals surface area contributed by atoms with Crippen molar-refractivity contribution in [3.05, 3.63) is 167 Å². The number of fused-ring (bicyclic) bond motifs is 1. The van der Waals surface area contributed by atoms with Crippen molar-refractivity contribution in [2.75, 3.05) is 0 Å². The monoisotopic (exact) mass is 1030 g/mol. The topological polar surface area (TPSA) is 50.9 Å². The summed E-state index contributed by atoms with van der Waals surface area (Å²) in [6, 6.07) is 42.3. The summed E-state index contributed by atoms with van der Waals surface area (Å²) < 4.78 is 62.0. The summed E-state index contributed by atoms with van der Waals surface area (Å²) in [7, 11) is 0. The van der Waals surface area contributed by atoms with Gasteiger partial charge in [0.25, 0.3) is 0 Å². The molecule has 0 fully saturated rings. The van der Waals surface area contributed by atoms with Gasteiger partial charge in [-0.25, -0.2) is 4.98 Å². The average molecular weight is 1030 g/mol. The van der Waals surface area contributed by atoms with Crippen LogP contribution in [0.25, 0.3) is 72.7 Å². The van der Waals surface area contributed by atoms with E-state index in [0.717, 1.165) is 66.8 Å². The Kier molecular flexibility index (Phi) is 10.9. The molecule has 0 aliphatic heterocycles. The van der Waals surface area contributed by atoms with Gasteiger partial charge in [0.05, 0.1) is 16.6 Å². The van der Waals surface area contributed by atoms with Crippen LogP contribution in [-0.4, -0.2) is 19.6 Å². The molecule has 64 heavy (non-hydrogen) atoms. The summed E-state index contributed by atoms with van der Waals surface area (Å²) in [6.45, 7) is 18.8. The minimum atomic E-state index is -2.20. The van der Waals surface area contributed by atoms with Gasteiger partial charge in [-0.05, 0) is 111 Å². The van der Waals surface area contributed by atoms with E-state index in [1.165, 1.54) is 0 Å². The molecule has 330 valence electrons. The van der Waals surface area contributed by atoms with Crippen LogP contribution in [0.5, 0.6) is 5.75 Å². The number of imidazole rings is 1. The van der Waals surface area contributed by atoms with Gasteiger partial charge < -0.3 is 5.11 Å². The van der Waals surface area contributed by atoms with Crippen LogP contribution in [0.1, 0.15) is 143 Å². The molecular formula is C59H62N3OPt-. The summed E-state index contributed by atoms with van der Waals surface area (Å²) in [5.41, 5.74) is 12.7. The predicted octanol–water partition coefficient (Wildman–Crippen LogP) is 16.4. The van der Waals surface area contributed by atoms with Crippen LogP contribution in [0.4, 0.5) is 0 Å². The zero-order valence-electron chi connectivity index (χ0n) is 45.7. The van der Waals surface area contributed by atoms with E-state index in [1.807, 2.05) is 123 Å². The fourth-order valence-corrected chi connectivity index (χ4v) is 8.41. The quantitative estimate of drug-likeness (QED) is 0.139. The van der Waals surface area contributed by atoms with Gasteiger partial charge in [0.2, 0.25) is 0 Å². The van der Waals surface area contributed by atoms with E-state index in [2.05, 4.69) is 39.0 Å². The maximum Gasteiger partial charge on any atom is 0.148 e. The van der Waals surface area contributed by atoms with Gasteiger partial charge in [-0.15, -0.1) is 29.3 Å². The van der Waals surface area contributed by atoms with Gasteiger partial charge in [0.1, 0.15) is 11.6 Å². The molecule has 8 aromatic rings. The average Bonchev–Trinajstić information content (AvgIpc) is 3.66. The second-order valence-electron chi connectivity index (χ2n) is 18.6. The molecule has 0 aliphatic carbocycles. The number of hydrogen-bond acceptors (Lipinski definition) is 3. The molecule has 0 bridgehead atoms. The molecule has 0 atom stereocenters. The summed E-state index contributed by atoms with van der Waals surface area (Å²) in [4.78, 5) is 10.3. The number of para-hydroxylation sites is 1. The van der Waals surface area contributed by atoms with Crippen LogP contribution >= 0.6 is 0 Å². The Hall–Kier alpha value is -5.57. The minimum absolute atomic E-state index is 0. The van der Waals surface area contributed by atoms with Crippen molar-refractivity contribution in [3.63, 3.8) is 0 Å². The number of aromatic nitrogens is 3. The third kappa shape index (κ3) is 9.05. The number of hydrogen-bond donors (Lipinski definition) is 1. The standard InChI is InChI=1S/C59H62N3O.Pt/c1-35(2)43-32-51(38(7)8)57(63)52(33-43)58-61-56-50(44-29-45(31-46(30-44)59(10,11)12)53-34-42(27-28-60-53)40-21-19-39(9)20-22-40)17-14-18-54(56)62(58)47-25-23-41(24-26-47)55-48(36(3)4)15-13-16-49(55)37(5)6;/h13-28,30-38,63H,1-12H3;/q-1;/i9D3,35D,36D,37D,38D;. The van der Waals surface area contributed by atoms with Crippen molar-refractivity contribution in [2.45, 2.75) is 112 Å². The molecule has 0 saturated heterocycles. The van der Waals surface area contributed by atoms with E-state index in [-0.39, 0.29) is 37.8 Å². The largest absolute Gasteiger partial charge is 0.507 e. The molecule has 4 nitrogen and oxygen atoms in total.